The van der Waals surface area contributed by atoms with E-state index in [1.807, 2.05) is 6.92 Å². The number of ether oxygens (including phenoxy) is 4. The first-order valence-electron chi connectivity index (χ1n) is 17.6. The molecule has 1 aliphatic rings. The van der Waals surface area contributed by atoms with Crippen LogP contribution in [-0.2, 0) is 47.2 Å². The average molecular weight is 717 g/mol. The highest BCUT2D eigenvalue weighted by atomic mass is 31.2. The van der Waals surface area contributed by atoms with Crippen LogP contribution >= 0.6 is 8.53 Å². The number of nitriles is 1. The smallest absolute Gasteiger partial charge is 0.303 e. The van der Waals surface area contributed by atoms with Crippen LogP contribution < -0.4 is 10.6 Å². The number of unbranched alkanes of at least 4 members (excludes halogenated alkanes) is 5. The average Bonchev–Trinajstić information content (AvgIpc) is 3.01. The summed E-state index contributed by atoms with van der Waals surface area (Å²) in [5.41, 5.74) is 0. The van der Waals surface area contributed by atoms with Gasteiger partial charge in [-0.05, 0) is 53.4 Å². The van der Waals surface area contributed by atoms with Crippen molar-refractivity contribution in [2.24, 2.45) is 5.92 Å². The van der Waals surface area contributed by atoms with Crippen LogP contribution in [0.2, 0.25) is 0 Å². The highest BCUT2D eigenvalue weighted by molar-refractivity contribution is 7.44. The van der Waals surface area contributed by atoms with Gasteiger partial charge in [0.05, 0.1) is 31.7 Å². The first-order valence-corrected chi connectivity index (χ1v) is 18.7. The fourth-order valence-corrected chi connectivity index (χ4v) is 7.16. The van der Waals surface area contributed by atoms with E-state index in [9.17, 15) is 19.2 Å². The van der Waals surface area contributed by atoms with Crippen molar-refractivity contribution in [2.45, 2.75) is 150 Å². The highest BCUT2D eigenvalue weighted by Gasteiger charge is 2.47. The van der Waals surface area contributed by atoms with Crippen molar-refractivity contribution < 1.29 is 47.2 Å². The van der Waals surface area contributed by atoms with Gasteiger partial charge in [0.15, 0.2) is 6.29 Å². The van der Waals surface area contributed by atoms with Gasteiger partial charge in [-0.2, -0.15) is 5.26 Å². The van der Waals surface area contributed by atoms with Gasteiger partial charge in [0, 0.05) is 58.3 Å². The molecular weight excluding hydrogens is 655 g/mol. The third-order valence-corrected chi connectivity index (χ3v) is 9.87. The molecule has 0 bridgehead atoms. The molecule has 1 saturated heterocycles. The van der Waals surface area contributed by atoms with Crippen molar-refractivity contribution >= 4 is 32.3 Å². The van der Waals surface area contributed by atoms with Crippen LogP contribution in [0.1, 0.15) is 113 Å². The molecule has 0 aromatic rings. The molecule has 1 fully saturated rings. The number of esters is 2. The lowest BCUT2D eigenvalue weighted by atomic mass is 9.88. The number of nitrogens with one attached hydrogen (secondary N) is 2. The van der Waals surface area contributed by atoms with E-state index in [1.165, 1.54) is 20.8 Å². The molecular formula is C34H61N4O10P. The first kappa shape index (κ1) is 44.6. The zero-order chi connectivity index (χ0) is 36.8. The molecule has 6 atom stereocenters. The maximum absolute atomic E-state index is 12.3. The number of rotatable bonds is 25. The summed E-state index contributed by atoms with van der Waals surface area (Å²) in [5, 5.41) is 14.7. The molecule has 14 nitrogen and oxygen atoms in total. The summed E-state index contributed by atoms with van der Waals surface area (Å²) in [6.45, 7) is 16.0. The van der Waals surface area contributed by atoms with E-state index in [1.54, 1.807) is 0 Å². The lowest BCUT2D eigenvalue weighted by Gasteiger charge is -2.44. The van der Waals surface area contributed by atoms with Gasteiger partial charge in [0.1, 0.15) is 18.8 Å². The van der Waals surface area contributed by atoms with Crippen LogP contribution in [0.4, 0.5) is 0 Å². The second-order valence-electron chi connectivity index (χ2n) is 12.8. The van der Waals surface area contributed by atoms with Crippen LogP contribution in [0.25, 0.3) is 0 Å². The quantitative estimate of drug-likeness (QED) is 0.0745. The summed E-state index contributed by atoms with van der Waals surface area (Å²) in [7, 11) is -1.22. The summed E-state index contributed by atoms with van der Waals surface area (Å²) in [5.74, 6) is -1.63. The topological polar surface area (TPSA) is 175 Å². The van der Waals surface area contributed by atoms with Crippen LogP contribution in [0.5, 0.6) is 0 Å². The van der Waals surface area contributed by atoms with E-state index >= 15 is 0 Å². The summed E-state index contributed by atoms with van der Waals surface area (Å²) in [6, 6.07) is 2.07. The predicted octanol–water partition coefficient (Wildman–Crippen LogP) is 4.89. The third-order valence-electron chi connectivity index (χ3n) is 7.76. The Balaban J connectivity index is 2.34. The van der Waals surface area contributed by atoms with E-state index in [0.717, 1.165) is 32.1 Å². The molecule has 1 aliphatic heterocycles. The normalized spacial score (nSPS) is 21.3. The third kappa shape index (κ3) is 19.0. The molecule has 0 aromatic carbocycles. The molecule has 282 valence electrons. The van der Waals surface area contributed by atoms with Crippen molar-refractivity contribution in [3.05, 3.63) is 0 Å². The second-order valence-corrected chi connectivity index (χ2v) is 14.3. The van der Waals surface area contributed by atoms with Gasteiger partial charge in [-0.25, -0.2) is 4.67 Å². The molecule has 1 rings (SSSR count). The number of nitrogens with zero attached hydrogens (tertiary/aromatic N) is 2. The van der Waals surface area contributed by atoms with E-state index in [2.05, 4.69) is 49.1 Å². The van der Waals surface area contributed by atoms with Gasteiger partial charge in [-0.1, -0.05) is 26.2 Å². The minimum atomic E-state index is -1.22. The molecule has 6 unspecified atom stereocenters. The Labute approximate surface area is 294 Å². The van der Waals surface area contributed by atoms with Crippen molar-refractivity contribution in [1.82, 2.24) is 15.3 Å². The lowest BCUT2D eigenvalue weighted by molar-refractivity contribution is -0.262. The van der Waals surface area contributed by atoms with Gasteiger partial charge in [0.25, 0.3) is 8.53 Å². The maximum atomic E-state index is 12.3. The minimum absolute atomic E-state index is 0.0202. The molecule has 0 aliphatic carbocycles. The molecule has 0 aromatic heterocycles. The summed E-state index contributed by atoms with van der Waals surface area (Å²) in [6.07, 6.45) is 4.34. The monoisotopic (exact) mass is 716 g/mol. The summed E-state index contributed by atoms with van der Waals surface area (Å²) < 4.78 is 36.9. The molecule has 1 heterocycles. The highest BCUT2D eigenvalue weighted by Crippen LogP contribution is 2.46. The van der Waals surface area contributed by atoms with Crippen LogP contribution in [0, 0.1) is 17.2 Å². The Kier molecular flexibility index (Phi) is 23.3. The van der Waals surface area contributed by atoms with E-state index in [-0.39, 0.29) is 36.4 Å². The molecule has 2 amide bonds. The summed E-state index contributed by atoms with van der Waals surface area (Å²) >= 11 is 0. The van der Waals surface area contributed by atoms with Gasteiger partial charge < -0.3 is 38.6 Å². The standard InChI is InChI=1S/C34H61N4O10P/c1-24(2)38(25(3)4)49(46-22-16-18-35)45-21-15-10-9-13-19-36-31(42)17-12-11-14-20-43-34-32(37-27(6)39)26(5)33(47-29(8)41)30(48-34)23-44-28(7)40/h24-26,30,32-34H,9-17,19-23H2,1-8H3,(H,36,42)(H,37,39). The lowest BCUT2D eigenvalue weighted by Crippen LogP contribution is -2.62. The van der Waals surface area contributed by atoms with Crippen molar-refractivity contribution in [1.29, 1.82) is 5.26 Å². The molecule has 0 spiro atoms. The molecule has 0 saturated carbocycles. The first-order chi connectivity index (χ1) is 23.3. The predicted molar refractivity (Wildman–Crippen MR) is 185 cm³/mol. The van der Waals surface area contributed by atoms with Crippen molar-refractivity contribution in [3.8, 4) is 6.07 Å². The van der Waals surface area contributed by atoms with Crippen molar-refractivity contribution in [3.63, 3.8) is 0 Å². The van der Waals surface area contributed by atoms with Crippen LogP contribution in [-0.4, -0.2) is 98.0 Å². The minimum Gasteiger partial charge on any atom is -0.463 e. The molecule has 2 N–H and O–H groups in total. The molecule has 0 radical (unpaired) electrons. The Bertz CT molecular complexity index is 1020. The van der Waals surface area contributed by atoms with E-state index in [4.69, 9.17) is 33.3 Å². The fourth-order valence-electron chi connectivity index (χ4n) is 5.53. The SMILES string of the molecule is CC(=O)NC1C(OCCCCCC(=O)NCCCCCCOP(OCCC#N)N(C(C)C)C(C)C)OC(COC(C)=O)C(OC(C)=O)C1C. The maximum Gasteiger partial charge on any atom is 0.303 e. The number of hydrogen-bond donors (Lipinski definition) is 2. The Morgan fingerprint density at radius 1 is 0.878 bits per heavy atom. The Hall–Kier alpha value is -2.40. The van der Waals surface area contributed by atoms with E-state index < -0.39 is 45.0 Å². The van der Waals surface area contributed by atoms with Gasteiger partial charge >= 0.3 is 11.9 Å². The Morgan fingerprint density at radius 3 is 2.12 bits per heavy atom. The number of hydrogen-bond acceptors (Lipinski definition) is 12. The van der Waals surface area contributed by atoms with Crippen molar-refractivity contribution in [2.75, 3.05) is 33.0 Å². The van der Waals surface area contributed by atoms with Crippen LogP contribution in [0.15, 0.2) is 0 Å². The van der Waals surface area contributed by atoms with E-state index in [0.29, 0.717) is 52.0 Å². The number of carbonyl (C=O) groups is 4. The van der Waals surface area contributed by atoms with Crippen LogP contribution in [0.3, 0.4) is 0 Å². The zero-order valence-electron chi connectivity index (χ0n) is 30.9. The molecule has 15 heteroatoms. The van der Waals surface area contributed by atoms with Gasteiger partial charge in [0.2, 0.25) is 11.8 Å². The van der Waals surface area contributed by atoms with Gasteiger partial charge in [-0.15, -0.1) is 0 Å². The zero-order valence-corrected chi connectivity index (χ0v) is 31.8. The molecule has 49 heavy (non-hydrogen) atoms. The largest absolute Gasteiger partial charge is 0.463 e. The van der Waals surface area contributed by atoms with Gasteiger partial charge in [-0.3, -0.25) is 19.2 Å². The number of amides is 2. The fraction of sp³-hybridized carbons (Fsp3) is 0.853. The Morgan fingerprint density at radius 2 is 1.51 bits per heavy atom. The number of carbonyl (C=O) groups excluding carboxylic acids is 4. The second kappa shape index (κ2) is 25.5. The summed E-state index contributed by atoms with van der Waals surface area (Å²) in [4.78, 5) is 47.4.